The molecule has 122 valence electrons. The lowest BCUT2D eigenvalue weighted by atomic mass is 9.91. The highest BCUT2D eigenvalue weighted by atomic mass is 35.5. The molecule has 0 aliphatic carbocycles. The Labute approximate surface area is 140 Å². The van der Waals surface area contributed by atoms with Gasteiger partial charge in [-0.1, -0.05) is 0 Å². The molecule has 22 heavy (non-hydrogen) atoms. The lowest BCUT2D eigenvalue weighted by Crippen LogP contribution is -2.34. The van der Waals surface area contributed by atoms with Gasteiger partial charge < -0.3 is 10.0 Å². The first-order valence-corrected chi connectivity index (χ1v) is 8.36. The van der Waals surface area contributed by atoms with Crippen molar-refractivity contribution in [3.63, 3.8) is 0 Å². The van der Waals surface area contributed by atoms with Gasteiger partial charge in [-0.25, -0.2) is 4.39 Å². The van der Waals surface area contributed by atoms with Gasteiger partial charge in [-0.3, -0.25) is 0 Å². The van der Waals surface area contributed by atoms with Crippen LogP contribution in [0.1, 0.15) is 37.8 Å². The van der Waals surface area contributed by atoms with E-state index in [1.165, 1.54) is 17.6 Å². The fraction of sp³-hybridized carbons (Fsp3) is 0.562. The summed E-state index contributed by atoms with van der Waals surface area (Å²) in [7, 11) is 0. The number of piperidine rings is 1. The number of nitrogens with zero attached hydrogens (tertiary/aromatic N) is 2. The normalized spacial score (nSPS) is 18.3. The van der Waals surface area contributed by atoms with Gasteiger partial charge in [0.05, 0.1) is 16.5 Å². The van der Waals surface area contributed by atoms with Crippen LogP contribution in [0.4, 0.5) is 4.39 Å². The Balaban J connectivity index is 0.00000176. The summed E-state index contributed by atoms with van der Waals surface area (Å²) in [6, 6.07) is 4.97. The maximum absolute atomic E-state index is 13.2. The molecule has 1 aromatic heterocycles. The van der Waals surface area contributed by atoms with Gasteiger partial charge in [0.1, 0.15) is 5.82 Å². The number of aliphatic hydroxyl groups excluding tert-OH is 1. The summed E-state index contributed by atoms with van der Waals surface area (Å²) in [5.74, 6) is 0.289. The van der Waals surface area contributed by atoms with Crippen molar-refractivity contribution in [2.24, 2.45) is 0 Å². The minimum absolute atomic E-state index is 0. The molecule has 1 atom stereocenters. The van der Waals surface area contributed by atoms with Crippen LogP contribution in [-0.4, -0.2) is 40.1 Å². The third-order valence-corrected chi connectivity index (χ3v) is 5.12. The smallest absolute Gasteiger partial charge is 0.124 e. The van der Waals surface area contributed by atoms with Crippen LogP contribution >= 0.6 is 23.9 Å². The monoisotopic (exact) mass is 344 g/mol. The molecule has 2 heterocycles. The third kappa shape index (κ3) is 3.96. The summed E-state index contributed by atoms with van der Waals surface area (Å²) in [6.45, 7) is 4.91. The fourth-order valence-corrected chi connectivity index (χ4v) is 3.91. The van der Waals surface area contributed by atoms with Gasteiger partial charge in [0.15, 0.2) is 0 Å². The van der Waals surface area contributed by atoms with E-state index in [0.717, 1.165) is 54.7 Å². The van der Waals surface area contributed by atoms with E-state index in [1.54, 1.807) is 6.07 Å². The topological polar surface area (TPSA) is 36.4 Å². The summed E-state index contributed by atoms with van der Waals surface area (Å²) in [6.07, 6.45) is 2.80. The van der Waals surface area contributed by atoms with E-state index in [2.05, 4.69) is 9.27 Å². The molecule has 1 N–H and O–H groups in total. The molecule has 0 saturated carbocycles. The van der Waals surface area contributed by atoms with Crippen LogP contribution in [-0.2, 0) is 0 Å². The van der Waals surface area contributed by atoms with E-state index >= 15 is 0 Å². The van der Waals surface area contributed by atoms with Gasteiger partial charge in [0.25, 0.3) is 0 Å². The van der Waals surface area contributed by atoms with Crippen molar-refractivity contribution in [3.8, 4) is 0 Å². The van der Waals surface area contributed by atoms with Gasteiger partial charge in [0.2, 0.25) is 0 Å². The Morgan fingerprint density at radius 3 is 2.82 bits per heavy atom. The Morgan fingerprint density at radius 2 is 2.14 bits per heavy atom. The zero-order valence-electron chi connectivity index (χ0n) is 12.7. The Bertz CT molecular complexity index is 611. The van der Waals surface area contributed by atoms with Gasteiger partial charge in [0, 0.05) is 17.8 Å². The molecule has 1 aromatic carbocycles. The summed E-state index contributed by atoms with van der Waals surface area (Å²) < 4.78 is 18.8. The van der Waals surface area contributed by atoms with Crippen LogP contribution in [0.2, 0.25) is 0 Å². The fourth-order valence-electron chi connectivity index (χ4n) is 3.02. The molecule has 0 spiro atoms. The molecular weight excluding hydrogens is 323 g/mol. The molecule has 2 aromatic rings. The van der Waals surface area contributed by atoms with Gasteiger partial charge in [-0.15, -0.1) is 12.4 Å². The van der Waals surface area contributed by atoms with E-state index in [1.807, 2.05) is 13.0 Å². The lowest BCUT2D eigenvalue weighted by Gasteiger charge is -2.31. The molecule has 0 bridgehead atoms. The second kappa shape index (κ2) is 7.68. The van der Waals surface area contributed by atoms with Crippen LogP contribution in [0.3, 0.4) is 0 Å². The second-order valence-corrected chi connectivity index (χ2v) is 6.77. The molecular formula is C16H22ClFN2OS. The second-order valence-electron chi connectivity index (χ2n) is 5.96. The Kier molecular flexibility index (Phi) is 6.15. The van der Waals surface area contributed by atoms with Gasteiger partial charge >= 0.3 is 0 Å². The summed E-state index contributed by atoms with van der Waals surface area (Å²) in [5, 5.41) is 10.5. The van der Waals surface area contributed by atoms with Crippen molar-refractivity contribution in [1.82, 2.24) is 9.27 Å². The van der Waals surface area contributed by atoms with E-state index in [4.69, 9.17) is 0 Å². The molecule has 6 heteroatoms. The Morgan fingerprint density at radius 1 is 1.41 bits per heavy atom. The zero-order chi connectivity index (χ0) is 14.8. The van der Waals surface area contributed by atoms with E-state index in [-0.39, 0.29) is 24.3 Å². The largest absolute Gasteiger partial charge is 0.393 e. The number of aromatic nitrogens is 1. The first kappa shape index (κ1) is 17.6. The van der Waals surface area contributed by atoms with Crippen molar-refractivity contribution < 1.29 is 9.50 Å². The average Bonchev–Trinajstić information content (AvgIpc) is 2.88. The lowest BCUT2D eigenvalue weighted by molar-refractivity contribution is 0.142. The molecule has 1 aliphatic rings. The number of halogens is 2. The zero-order valence-corrected chi connectivity index (χ0v) is 14.3. The predicted octanol–water partition coefficient (Wildman–Crippen LogP) is 3.81. The highest BCUT2D eigenvalue weighted by molar-refractivity contribution is 7.13. The number of hydrogen-bond donors (Lipinski definition) is 1. The van der Waals surface area contributed by atoms with Crippen molar-refractivity contribution in [3.05, 3.63) is 29.7 Å². The number of fused-ring (bicyclic) bond motifs is 1. The van der Waals surface area contributed by atoms with Crippen LogP contribution < -0.4 is 0 Å². The van der Waals surface area contributed by atoms with E-state index < -0.39 is 0 Å². The Hall–Kier alpha value is -0.750. The summed E-state index contributed by atoms with van der Waals surface area (Å²) >= 11 is 1.40. The standard InChI is InChI=1S/C16H21FN2OS.ClH/c1-11(20)4-7-19-8-5-12(6-9-19)16-14-3-2-13(17)10-15(14)21-18-16;/h2-3,10-12,20H,4-9H2,1H3;1H. The van der Waals surface area contributed by atoms with E-state index in [9.17, 15) is 9.50 Å². The average molecular weight is 345 g/mol. The number of rotatable bonds is 4. The molecule has 1 aliphatic heterocycles. The summed E-state index contributed by atoms with van der Waals surface area (Å²) in [5.41, 5.74) is 1.14. The summed E-state index contributed by atoms with van der Waals surface area (Å²) in [4.78, 5) is 2.41. The van der Waals surface area contributed by atoms with Crippen molar-refractivity contribution >= 4 is 34.0 Å². The van der Waals surface area contributed by atoms with Crippen LogP contribution in [0.15, 0.2) is 18.2 Å². The van der Waals surface area contributed by atoms with Crippen molar-refractivity contribution in [2.45, 2.75) is 38.2 Å². The predicted molar refractivity (Wildman–Crippen MR) is 91.5 cm³/mol. The van der Waals surface area contributed by atoms with Crippen LogP contribution in [0.5, 0.6) is 0 Å². The SMILES string of the molecule is CC(O)CCN1CCC(c2nsc3cc(F)ccc23)CC1.Cl. The van der Waals surface area contributed by atoms with Crippen LogP contribution in [0.25, 0.3) is 10.1 Å². The quantitative estimate of drug-likeness (QED) is 0.916. The molecule has 3 rings (SSSR count). The maximum atomic E-state index is 13.2. The number of benzene rings is 1. The molecule has 0 radical (unpaired) electrons. The number of likely N-dealkylation sites (tertiary alicyclic amines) is 1. The molecule has 1 unspecified atom stereocenters. The van der Waals surface area contributed by atoms with Gasteiger partial charge in [-0.2, -0.15) is 4.37 Å². The first-order valence-electron chi connectivity index (χ1n) is 7.58. The molecule has 1 saturated heterocycles. The minimum Gasteiger partial charge on any atom is -0.393 e. The maximum Gasteiger partial charge on any atom is 0.124 e. The number of aliphatic hydroxyl groups is 1. The first-order chi connectivity index (χ1) is 10.1. The molecule has 1 fully saturated rings. The van der Waals surface area contributed by atoms with E-state index in [0.29, 0.717) is 5.92 Å². The van der Waals surface area contributed by atoms with Crippen LogP contribution in [0, 0.1) is 5.82 Å². The minimum atomic E-state index is -0.222. The van der Waals surface area contributed by atoms with Crippen molar-refractivity contribution in [2.75, 3.05) is 19.6 Å². The highest BCUT2D eigenvalue weighted by Gasteiger charge is 2.24. The molecule has 3 nitrogen and oxygen atoms in total. The number of hydrogen-bond acceptors (Lipinski definition) is 4. The van der Waals surface area contributed by atoms with Crippen molar-refractivity contribution in [1.29, 1.82) is 0 Å². The highest BCUT2D eigenvalue weighted by Crippen LogP contribution is 2.34. The molecule has 0 amide bonds. The van der Waals surface area contributed by atoms with Gasteiger partial charge in [-0.05, 0) is 69.0 Å². The third-order valence-electron chi connectivity index (χ3n) is 4.30.